The lowest BCUT2D eigenvalue weighted by atomic mass is 9.93. The number of H-pyrrole nitrogens is 1. The van der Waals surface area contributed by atoms with Crippen molar-refractivity contribution < 1.29 is 4.79 Å². The summed E-state index contributed by atoms with van der Waals surface area (Å²) in [6.45, 7) is 1.80. The van der Waals surface area contributed by atoms with E-state index in [2.05, 4.69) is 45.2 Å². The van der Waals surface area contributed by atoms with Crippen LogP contribution in [0.2, 0.25) is 0 Å². The lowest BCUT2D eigenvalue weighted by Gasteiger charge is -2.26. The van der Waals surface area contributed by atoms with Crippen LogP contribution in [0.4, 0.5) is 0 Å². The second kappa shape index (κ2) is 7.64. The summed E-state index contributed by atoms with van der Waals surface area (Å²) < 4.78 is 0. The van der Waals surface area contributed by atoms with E-state index in [1.807, 2.05) is 36.2 Å². The summed E-state index contributed by atoms with van der Waals surface area (Å²) in [5, 5.41) is 0. The standard InChI is InChI=1S/C24H28N4O/c1-27(15-13-23-25-19-10-5-6-11-20(19)26-23)24(29)18-16-22(17-8-3-2-4-9-17)28-14-7-12-21(18)28/h2-6,8-11,18,21-22H,7,12-16H2,1H3,(H,25,26)/t18-,21+,22-/m0/s1. The van der Waals surface area contributed by atoms with E-state index < -0.39 is 0 Å². The van der Waals surface area contributed by atoms with Gasteiger partial charge in [0, 0.05) is 32.1 Å². The molecule has 5 nitrogen and oxygen atoms in total. The quantitative estimate of drug-likeness (QED) is 0.724. The zero-order valence-corrected chi connectivity index (χ0v) is 16.9. The minimum absolute atomic E-state index is 0.100. The van der Waals surface area contributed by atoms with Crippen molar-refractivity contribution >= 4 is 16.9 Å². The highest BCUT2D eigenvalue weighted by Gasteiger charge is 2.47. The number of benzene rings is 2. The highest BCUT2D eigenvalue weighted by atomic mass is 16.2. The van der Waals surface area contributed by atoms with Crippen LogP contribution in [-0.4, -0.2) is 51.9 Å². The summed E-state index contributed by atoms with van der Waals surface area (Å²) in [4.78, 5) is 25.8. The fourth-order valence-corrected chi connectivity index (χ4v) is 5.23. The number of carbonyl (C=O) groups excluding carboxylic acids is 1. The first-order chi connectivity index (χ1) is 14.2. The number of nitrogens with one attached hydrogen (secondary N) is 1. The Morgan fingerprint density at radius 2 is 1.97 bits per heavy atom. The lowest BCUT2D eigenvalue weighted by Crippen LogP contribution is -2.39. The molecule has 5 heteroatoms. The van der Waals surface area contributed by atoms with Crippen molar-refractivity contribution in [1.82, 2.24) is 19.8 Å². The predicted octanol–water partition coefficient (Wildman–Crippen LogP) is 3.79. The van der Waals surface area contributed by atoms with Crippen molar-refractivity contribution in [2.45, 2.75) is 37.8 Å². The molecule has 1 amide bonds. The summed E-state index contributed by atoms with van der Waals surface area (Å²) in [6, 6.07) is 19.5. The maximum Gasteiger partial charge on any atom is 0.227 e. The first kappa shape index (κ1) is 18.4. The van der Waals surface area contributed by atoms with E-state index in [1.165, 1.54) is 12.0 Å². The van der Waals surface area contributed by atoms with Gasteiger partial charge in [-0.15, -0.1) is 0 Å². The Hall–Kier alpha value is -2.66. The van der Waals surface area contributed by atoms with E-state index in [1.54, 1.807) is 0 Å². The SMILES string of the molecule is CN(CCc1nc2ccccc2[nH]1)C(=O)[C@H]1C[C@@H](c2ccccc2)N2CCC[C@H]12. The van der Waals surface area contributed by atoms with Gasteiger partial charge in [-0.3, -0.25) is 9.69 Å². The van der Waals surface area contributed by atoms with E-state index in [0.29, 0.717) is 18.6 Å². The summed E-state index contributed by atoms with van der Waals surface area (Å²) in [5.74, 6) is 1.33. The number of hydrogen-bond acceptors (Lipinski definition) is 3. The van der Waals surface area contributed by atoms with Crippen LogP contribution in [0, 0.1) is 5.92 Å². The van der Waals surface area contributed by atoms with Gasteiger partial charge in [-0.1, -0.05) is 42.5 Å². The molecule has 0 unspecified atom stereocenters. The molecule has 29 heavy (non-hydrogen) atoms. The smallest absolute Gasteiger partial charge is 0.227 e. The highest BCUT2D eigenvalue weighted by molar-refractivity contribution is 5.80. The lowest BCUT2D eigenvalue weighted by molar-refractivity contribution is -0.134. The van der Waals surface area contributed by atoms with Crippen LogP contribution in [0.3, 0.4) is 0 Å². The van der Waals surface area contributed by atoms with Gasteiger partial charge in [0.2, 0.25) is 5.91 Å². The number of aromatic nitrogens is 2. The number of amides is 1. The van der Waals surface area contributed by atoms with Gasteiger partial charge in [-0.05, 0) is 43.5 Å². The zero-order valence-electron chi connectivity index (χ0n) is 16.9. The zero-order chi connectivity index (χ0) is 19.8. The Morgan fingerprint density at radius 1 is 1.17 bits per heavy atom. The molecule has 3 aromatic rings. The number of carbonyl (C=O) groups is 1. The van der Waals surface area contributed by atoms with Gasteiger partial charge in [-0.25, -0.2) is 4.98 Å². The van der Waals surface area contributed by atoms with E-state index >= 15 is 0 Å². The predicted molar refractivity (Wildman–Crippen MR) is 114 cm³/mol. The maximum atomic E-state index is 13.3. The Balaban J connectivity index is 1.26. The number of nitrogens with zero attached hydrogens (tertiary/aromatic N) is 3. The van der Waals surface area contributed by atoms with Crippen molar-refractivity contribution in [2.24, 2.45) is 5.92 Å². The summed E-state index contributed by atoms with van der Waals surface area (Å²) in [7, 11) is 1.94. The molecule has 1 aromatic heterocycles. The fraction of sp³-hybridized carbons (Fsp3) is 0.417. The fourth-order valence-electron chi connectivity index (χ4n) is 5.23. The van der Waals surface area contributed by atoms with Crippen LogP contribution < -0.4 is 0 Å². The molecule has 2 aliphatic heterocycles. The molecule has 3 atom stereocenters. The monoisotopic (exact) mass is 388 g/mol. The molecule has 0 spiro atoms. The van der Waals surface area contributed by atoms with E-state index in [4.69, 9.17) is 0 Å². The average Bonchev–Trinajstić information content (AvgIpc) is 3.46. The van der Waals surface area contributed by atoms with Gasteiger partial charge in [0.05, 0.1) is 17.0 Å². The second-order valence-electron chi connectivity index (χ2n) is 8.43. The van der Waals surface area contributed by atoms with Crippen LogP contribution in [0.5, 0.6) is 0 Å². The summed E-state index contributed by atoms with van der Waals surface area (Å²) >= 11 is 0. The van der Waals surface area contributed by atoms with E-state index in [0.717, 1.165) is 42.7 Å². The molecule has 0 aliphatic carbocycles. The van der Waals surface area contributed by atoms with Crippen LogP contribution in [-0.2, 0) is 11.2 Å². The minimum atomic E-state index is 0.100. The topological polar surface area (TPSA) is 52.2 Å². The van der Waals surface area contributed by atoms with Gasteiger partial charge in [0.25, 0.3) is 0 Å². The van der Waals surface area contributed by atoms with Crippen molar-refractivity contribution in [3.05, 3.63) is 66.0 Å². The third-order valence-corrected chi connectivity index (χ3v) is 6.68. The van der Waals surface area contributed by atoms with Crippen LogP contribution in [0.15, 0.2) is 54.6 Å². The van der Waals surface area contributed by atoms with E-state index in [9.17, 15) is 4.79 Å². The molecule has 1 N–H and O–H groups in total. The second-order valence-corrected chi connectivity index (χ2v) is 8.43. The van der Waals surface area contributed by atoms with Gasteiger partial charge in [-0.2, -0.15) is 0 Å². The number of imidazole rings is 1. The number of para-hydroxylation sites is 2. The molecular weight excluding hydrogens is 360 g/mol. The molecule has 2 aromatic carbocycles. The van der Waals surface area contributed by atoms with Crippen molar-refractivity contribution in [3.63, 3.8) is 0 Å². The number of likely N-dealkylation sites (N-methyl/N-ethyl adjacent to an activating group) is 1. The molecule has 2 aliphatic rings. The number of aromatic amines is 1. The van der Waals surface area contributed by atoms with E-state index in [-0.39, 0.29) is 11.8 Å². The molecule has 5 rings (SSSR count). The first-order valence-corrected chi connectivity index (χ1v) is 10.7. The van der Waals surface area contributed by atoms with Gasteiger partial charge in [0.1, 0.15) is 5.82 Å². The van der Waals surface area contributed by atoms with Crippen LogP contribution >= 0.6 is 0 Å². The molecule has 0 bridgehead atoms. The molecule has 150 valence electrons. The Kier molecular flexibility index (Phi) is 4.84. The molecule has 0 radical (unpaired) electrons. The normalized spacial score (nSPS) is 24.1. The largest absolute Gasteiger partial charge is 0.345 e. The van der Waals surface area contributed by atoms with Crippen molar-refractivity contribution in [3.8, 4) is 0 Å². The Labute approximate surface area is 171 Å². The van der Waals surface area contributed by atoms with Crippen LogP contribution in [0.1, 0.15) is 36.7 Å². The third-order valence-electron chi connectivity index (χ3n) is 6.68. The molecule has 3 heterocycles. The summed E-state index contributed by atoms with van der Waals surface area (Å²) in [5.41, 5.74) is 3.39. The first-order valence-electron chi connectivity index (χ1n) is 10.7. The number of rotatable bonds is 5. The average molecular weight is 389 g/mol. The third kappa shape index (κ3) is 3.44. The number of hydrogen-bond donors (Lipinski definition) is 1. The van der Waals surface area contributed by atoms with Gasteiger partial charge in [0.15, 0.2) is 0 Å². The van der Waals surface area contributed by atoms with Gasteiger partial charge < -0.3 is 9.88 Å². The van der Waals surface area contributed by atoms with Crippen molar-refractivity contribution in [2.75, 3.05) is 20.1 Å². The summed E-state index contributed by atoms with van der Waals surface area (Å²) in [6.07, 6.45) is 4.01. The maximum absolute atomic E-state index is 13.3. The molecule has 2 fully saturated rings. The number of fused-ring (bicyclic) bond motifs is 2. The molecular formula is C24H28N4O. The molecule has 0 saturated carbocycles. The highest BCUT2D eigenvalue weighted by Crippen LogP contribution is 2.45. The Bertz CT molecular complexity index is 965. The van der Waals surface area contributed by atoms with Crippen molar-refractivity contribution in [1.29, 1.82) is 0 Å². The molecule has 2 saturated heterocycles. The Morgan fingerprint density at radius 3 is 2.79 bits per heavy atom. The van der Waals surface area contributed by atoms with Crippen LogP contribution in [0.25, 0.3) is 11.0 Å². The minimum Gasteiger partial charge on any atom is -0.345 e. The van der Waals surface area contributed by atoms with Gasteiger partial charge >= 0.3 is 0 Å².